The third kappa shape index (κ3) is 3.61. The highest BCUT2D eigenvalue weighted by molar-refractivity contribution is 5.86. The van der Waals surface area contributed by atoms with Gasteiger partial charge in [0.25, 0.3) is 0 Å². The van der Waals surface area contributed by atoms with Crippen molar-refractivity contribution in [3.05, 3.63) is 34.9 Å². The smallest absolute Gasteiger partial charge is 0.305 e. The van der Waals surface area contributed by atoms with Crippen LogP contribution in [0.15, 0.2) is 18.2 Å². The Balaban J connectivity index is 2.27. The lowest BCUT2D eigenvalue weighted by Gasteiger charge is -2.38. The summed E-state index contributed by atoms with van der Waals surface area (Å²) in [7, 11) is 0. The van der Waals surface area contributed by atoms with Gasteiger partial charge in [0, 0.05) is 19.1 Å². The Morgan fingerprint density at radius 3 is 2.57 bits per heavy atom. The highest BCUT2D eigenvalue weighted by Gasteiger charge is 2.34. The first-order chi connectivity index (χ1) is 9.88. The van der Waals surface area contributed by atoms with E-state index in [2.05, 4.69) is 23.5 Å². The fourth-order valence-corrected chi connectivity index (χ4v) is 3.01. The van der Waals surface area contributed by atoms with E-state index in [-0.39, 0.29) is 18.4 Å². The SMILES string of the molecule is Cc1cc(C)cc(C(C)N2CCNC(=O)C2CC(=O)O)c1. The molecular weight excluding hydrogens is 268 g/mol. The number of hydrogen-bond acceptors (Lipinski definition) is 3. The third-order valence-electron chi connectivity index (χ3n) is 3.96. The molecule has 114 valence electrons. The minimum absolute atomic E-state index is 0.0130. The topological polar surface area (TPSA) is 69.6 Å². The number of aryl methyl sites for hydroxylation is 2. The number of aliphatic carboxylic acids is 1. The summed E-state index contributed by atoms with van der Waals surface area (Å²) >= 11 is 0. The number of amides is 1. The summed E-state index contributed by atoms with van der Waals surface area (Å²) in [6.45, 7) is 7.34. The number of hydrogen-bond donors (Lipinski definition) is 2. The van der Waals surface area contributed by atoms with Crippen LogP contribution in [-0.2, 0) is 9.59 Å². The largest absolute Gasteiger partial charge is 0.481 e. The van der Waals surface area contributed by atoms with Crippen LogP contribution in [0, 0.1) is 13.8 Å². The Bertz CT molecular complexity index is 536. The molecule has 1 fully saturated rings. The quantitative estimate of drug-likeness (QED) is 0.884. The molecule has 2 rings (SSSR count). The van der Waals surface area contributed by atoms with Crippen molar-refractivity contribution in [1.82, 2.24) is 10.2 Å². The number of carbonyl (C=O) groups is 2. The number of carbonyl (C=O) groups excluding carboxylic acids is 1. The van der Waals surface area contributed by atoms with Crippen LogP contribution in [0.3, 0.4) is 0 Å². The van der Waals surface area contributed by atoms with Gasteiger partial charge in [0.15, 0.2) is 0 Å². The molecule has 0 saturated carbocycles. The van der Waals surface area contributed by atoms with E-state index < -0.39 is 12.0 Å². The first kappa shape index (κ1) is 15.5. The normalized spacial score (nSPS) is 20.9. The van der Waals surface area contributed by atoms with Gasteiger partial charge in [-0.25, -0.2) is 0 Å². The van der Waals surface area contributed by atoms with Crippen LogP contribution in [0.1, 0.15) is 36.1 Å². The molecule has 0 radical (unpaired) electrons. The maximum absolute atomic E-state index is 12.0. The van der Waals surface area contributed by atoms with Crippen molar-refractivity contribution in [2.45, 2.75) is 39.3 Å². The Kier molecular flexibility index (Phi) is 4.63. The molecule has 0 spiro atoms. The number of nitrogens with one attached hydrogen (secondary N) is 1. The van der Waals surface area contributed by atoms with Crippen LogP contribution in [-0.4, -0.2) is 41.0 Å². The monoisotopic (exact) mass is 290 g/mol. The van der Waals surface area contributed by atoms with Gasteiger partial charge in [-0.2, -0.15) is 0 Å². The van der Waals surface area contributed by atoms with Gasteiger partial charge in [0.05, 0.1) is 6.42 Å². The van der Waals surface area contributed by atoms with Gasteiger partial charge in [-0.05, 0) is 26.3 Å². The van der Waals surface area contributed by atoms with Crippen molar-refractivity contribution >= 4 is 11.9 Å². The summed E-state index contributed by atoms with van der Waals surface area (Å²) < 4.78 is 0. The summed E-state index contributed by atoms with van der Waals surface area (Å²) in [6.07, 6.45) is -0.166. The van der Waals surface area contributed by atoms with Crippen LogP contribution in [0.4, 0.5) is 0 Å². The Labute approximate surface area is 125 Å². The number of rotatable bonds is 4. The number of piperazine rings is 1. The number of carboxylic acids is 1. The van der Waals surface area contributed by atoms with E-state index >= 15 is 0 Å². The summed E-state index contributed by atoms with van der Waals surface area (Å²) in [5.74, 6) is -1.14. The molecule has 1 saturated heterocycles. The molecule has 1 aromatic rings. The molecule has 1 aliphatic heterocycles. The zero-order valence-electron chi connectivity index (χ0n) is 12.7. The van der Waals surface area contributed by atoms with E-state index in [1.54, 1.807) is 0 Å². The van der Waals surface area contributed by atoms with Crippen molar-refractivity contribution < 1.29 is 14.7 Å². The molecule has 0 aliphatic carbocycles. The first-order valence-electron chi connectivity index (χ1n) is 7.22. The van der Waals surface area contributed by atoms with Crippen LogP contribution >= 0.6 is 0 Å². The number of nitrogens with zero attached hydrogens (tertiary/aromatic N) is 1. The summed E-state index contributed by atoms with van der Waals surface area (Å²) in [5.41, 5.74) is 3.47. The van der Waals surface area contributed by atoms with Gasteiger partial charge >= 0.3 is 5.97 Å². The standard InChI is InChI=1S/C16H22N2O3/c1-10-6-11(2)8-13(7-10)12(3)18-5-4-17-16(21)14(18)9-15(19)20/h6-8,12,14H,4-5,9H2,1-3H3,(H,17,21)(H,19,20). The second kappa shape index (κ2) is 6.26. The maximum atomic E-state index is 12.0. The second-order valence-electron chi connectivity index (χ2n) is 5.74. The fourth-order valence-electron chi connectivity index (χ4n) is 3.01. The zero-order chi connectivity index (χ0) is 15.6. The van der Waals surface area contributed by atoms with Gasteiger partial charge in [-0.15, -0.1) is 0 Å². The lowest BCUT2D eigenvalue weighted by atomic mass is 9.98. The Hall–Kier alpha value is -1.88. The minimum Gasteiger partial charge on any atom is -0.481 e. The molecule has 0 bridgehead atoms. The molecule has 2 atom stereocenters. The Morgan fingerprint density at radius 2 is 2.00 bits per heavy atom. The second-order valence-corrected chi connectivity index (χ2v) is 5.74. The van der Waals surface area contributed by atoms with E-state index in [4.69, 9.17) is 5.11 Å². The zero-order valence-corrected chi connectivity index (χ0v) is 12.7. The van der Waals surface area contributed by atoms with Crippen LogP contribution in [0.25, 0.3) is 0 Å². The van der Waals surface area contributed by atoms with E-state index in [0.717, 1.165) is 5.56 Å². The molecular formula is C16H22N2O3. The van der Waals surface area contributed by atoms with Crippen molar-refractivity contribution in [3.63, 3.8) is 0 Å². The van der Waals surface area contributed by atoms with E-state index in [1.807, 2.05) is 25.7 Å². The van der Waals surface area contributed by atoms with Crippen LogP contribution < -0.4 is 5.32 Å². The maximum Gasteiger partial charge on any atom is 0.305 e. The predicted octanol–water partition coefficient (Wildman–Crippen LogP) is 1.64. The Morgan fingerprint density at radius 1 is 1.38 bits per heavy atom. The van der Waals surface area contributed by atoms with Crippen molar-refractivity contribution in [2.24, 2.45) is 0 Å². The third-order valence-corrected chi connectivity index (χ3v) is 3.96. The molecule has 5 nitrogen and oxygen atoms in total. The van der Waals surface area contributed by atoms with Crippen molar-refractivity contribution in [2.75, 3.05) is 13.1 Å². The molecule has 1 aliphatic rings. The van der Waals surface area contributed by atoms with E-state index in [0.29, 0.717) is 13.1 Å². The minimum atomic E-state index is -0.949. The van der Waals surface area contributed by atoms with Crippen LogP contribution in [0.2, 0.25) is 0 Å². The fraction of sp³-hybridized carbons (Fsp3) is 0.500. The highest BCUT2D eigenvalue weighted by Crippen LogP contribution is 2.26. The molecule has 1 amide bonds. The van der Waals surface area contributed by atoms with E-state index in [9.17, 15) is 9.59 Å². The lowest BCUT2D eigenvalue weighted by Crippen LogP contribution is -2.56. The highest BCUT2D eigenvalue weighted by atomic mass is 16.4. The summed E-state index contributed by atoms with van der Waals surface area (Å²) in [5, 5.41) is 11.8. The summed E-state index contributed by atoms with van der Waals surface area (Å²) in [4.78, 5) is 25.0. The van der Waals surface area contributed by atoms with Gasteiger partial charge in [-0.3, -0.25) is 14.5 Å². The molecule has 5 heteroatoms. The van der Waals surface area contributed by atoms with Gasteiger partial charge in [0.2, 0.25) is 5.91 Å². The van der Waals surface area contributed by atoms with E-state index in [1.165, 1.54) is 11.1 Å². The molecule has 2 unspecified atom stereocenters. The predicted molar refractivity (Wildman–Crippen MR) is 80.1 cm³/mol. The number of benzene rings is 1. The molecule has 21 heavy (non-hydrogen) atoms. The molecule has 1 aromatic carbocycles. The van der Waals surface area contributed by atoms with Crippen LogP contribution in [0.5, 0.6) is 0 Å². The van der Waals surface area contributed by atoms with Gasteiger partial charge in [-0.1, -0.05) is 29.3 Å². The molecule has 1 heterocycles. The average molecular weight is 290 g/mol. The summed E-state index contributed by atoms with van der Waals surface area (Å²) in [6, 6.07) is 5.71. The van der Waals surface area contributed by atoms with Crippen molar-refractivity contribution in [1.29, 1.82) is 0 Å². The van der Waals surface area contributed by atoms with Crippen molar-refractivity contribution in [3.8, 4) is 0 Å². The van der Waals surface area contributed by atoms with Gasteiger partial charge in [0.1, 0.15) is 6.04 Å². The molecule has 0 aromatic heterocycles. The first-order valence-corrected chi connectivity index (χ1v) is 7.22. The average Bonchev–Trinajstić information content (AvgIpc) is 2.38. The lowest BCUT2D eigenvalue weighted by molar-refractivity contribution is -0.143. The number of carboxylic acid groups (broad SMARTS) is 1. The molecule has 2 N–H and O–H groups in total. The van der Waals surface area contributed by atoms with Gasteiger partial charge < -0.3 is 10.4 Å².